The molecule has 0 aliphatic heterocycles. The number of aromatic nitrogens is 3. The van der Waals surface area contributed by atoms with E-state index < -0.39 is 0 Å². The van der Waals surface area contributed by atoms with Crippen LogP contribution in [-0.2, 0) is 0 Å². The second-order valence-corrected chi connectivity index (χ2v) is 15.4. The standard InChI is InChI=1S/C51H29N3O2S/c1-3-13-30(14-4-1)49-52-50(31-15-5-2-6-16-31)54-51(53-49)32-25-26-37-43(29-32)55-42-22-11-19-34(46(37)42)33-27-39-35-17-7-9-21-41(35)56-48(39)40(28-33)36-20-12-24-45-47(36)38-18-8-10-23-44(38)57-45/h1-29H. The first-order chi connectivity index (χ1) is 28.2. The molecule has 4 heterocycles. The van der Waals surface area contributed by atoms with Crippen LogP contribution in [0.2, 0.25) is 0 Å². The van der Waals surface area contributed by atoms with E-state index in [0.717, 1.165) is 82.8 Å². The molecule has 0 aliphatic carbocycles. The van der Waals surface area contributed by atoms with Crippen LogP contribution >= 0.6 is 11.3 Å². The summed E-state index contributed by atoms with van der Waals surface area (Å²) in [7, 11) is 0. The smallest absolute Gasteiger partial charge is 0.164 e. The number of rotatable bonds is 5. The van der Waals surface area contributed by atoms with E-state index in [0.29, 0.717) is 17.5 Å². The molecule has 266 valence electrons. The van der Waals surface area contributed by atoms with Gasteiger partial charge in [0.2, 0.25) is 0 Å². The maximum absolute atomic E-state index is 6.71. The van der Waals surface area contributed by atoms with Crippen LogP contribution in [-0.4, -0.2) is 15.0 Å². The molecule has 0 atom stereocenters. The maximum Gasteiger partial charge on any atom is 0.164 e. The highest BCUT2D eigenvalue weighted by molar-refractivity contribution is 7.25. The van der Waals surface area contributed by atoms with Gasteiger partial charge in [-0.15, -0.1) is 11.3 Å². The highest BCUT2D eigenvalue weighted by atomic mass is 32.1. The molecule has 0 bridgehead atoms. The number of furan rings is 2. The molecule has 6 heteroatoms. The number of hydrogen-bond acceptors (Lipinski definition) is 6. The fraction of sp³-hybridized carbons (Fsp3) is 0. The van der Waals surface area contributed by atoms with Gasteiger partial charge in [-0.25, -0.2) is 15.0 Å². The zero-order valence-electron chi connectivity index (χ0n) is 30.3. The molecule has 0 fully saturated rings. The predicted molar refractivity (Wildman–Crippen MR) is 234 cm³/mol. The Kier molecular flexibility index (Phi) is 7.03. The van der Waals surface area contributed by atoms with Gasteiger partial charge in [-0.1, -0.05) is 127 Å². The van der Waals surface area contributed by atoms with Gasteiger partial charge in [0.25, 0.3) is 0 Å². The zero-order valence-corrected chi connectivity index (χ0v) is 31.1. The van der Waals surface area contributed by atoms with Gasteiger partial charge in [-0.05, 0) is 65.2 Å². The largest absolute Gasteiger partial charge is 0.456 e. The minimum absolute atomic E-state index is 0.586. The first-order valence-corrected chi connectivity index (χ1v) is 19.7. The highest BCUT2D eigenvalue weighted by Crippen LogP contribution is 2.47. The van der Waals surface area contributed by atoms with Crippen molar-refractivity contribution in [2.45, 2.75) is 0 Å². The lowest BCUT2D eigenvalue weighted by atomic mass is 9.92. The van der Waals surface area contributed by atoms with E-state index >= 15 is 0 Å². The normalized spacial score (nSPS) is 11.9. The molecular weight excluding hydrogens is 719 g/mol. The summed E-state index contributed by atoms with van der Waals surface area (Å²) in [5.74, 6) is 1.83. The Hall–Kier alpha value is -7.41. The molecule has 0 N–H and O–H groups in total. The molecule has 0 saturated carbocycles. The van der Waals surface area contributed by atoms with E-state index in [1.807, 2.05) is 84.1 Å². The van der Waals surface area contributed by atoms with Crippen LogP contribution in [0.15, 0.2) is 185 Å². The first kappa shape index (κ1) is 31.9. The molecule has 0 aliphatic rings. The third-order valence-corrected chi connectivity index (χ3v) is 12.1. The third-order valence-electron chi connectivity index (χ3n) is 10.9. The summed E-state index contributed by atoms with van der Waals surface area (Å²) in [4.78, 5) is 14.8. The summed E-state index contributed by atoms with van der Waals surface area (Å²) in [6, 6.07) is 60.9. The quantitative estimate of drug-likeness (QED) is 0.175. The van der Waals surface area contributed by atoms with Crippen LogP contribution < -0.4 is 0 Å². The Morgan fingerprint density at radius 3 is 1.75 bits per heavy atom. The van der Waals surface area contributed by atoms with Crippen molar-refractivity contribution >= 4 is 75.4 Å². The van der Waals surface area contributed by atoms with Crippen molar-refractivity contribution in [3.8, 4) is 56.4 Å². The summed E-state index contributed by atoms with van der Waals surface area (Å²) in [5.41, 5.74) is 10.5. The van der Waals surface area contributed by atoms with Gasteiger partial charge in [0.15, 0.2) is 17.5 Å². The number of hydrogen-bond donors (Lipinski definition) is 0. The minimum atomic E-state index is 0.586. The highest BCUT2D eigenvalue weighted by Gasteiger charge is 2.21. The van der Waals surface area contributed by atoms with Crippen molar-refractivity contribution in [1.29, 1.82) is 0 Å². The summed E-state index contributed by atoms with van der Waals surface area (Å²) < 4.78 is 15.9. The van der Waals surface area contributed by atoms with Crippen LogP contribution in [0.25, 0.3) is 120 Å². The Bertz CT molecular complexity index is 3470. The van der Waals surface area contributed by atoms with Gasteiger partial charge >= 0.3 is 0 Å². The van der Waals surface area contributed by atoms with Crippen LogP contribution in [0.3, 0.4) is 0 Å². The molecule has 0 radical (unpaired) electrons. The Morgan fingerprint density at radius 1 is 0.333 bits per heavy atom. The summed E-state index contributed by atoms with van der Waals surface area (Å²) >= 11 is 1.83. The third kappa shape index (κ3) is 5.12. The van der Waals surface area contributed by atoms with Crippen molar-refractivity contribution in [1.82, 2.24) is 15.0 Å². The van der Waals surface area contributed by atoms with Gasteiger partial charge in [-0.2, -0.15) is 0 Å². The number of para-hydroxylation sites is 1. The molecule has 5 nitrogen and oxygen atoms in total. The summed E-state index contributed by atoms with van der Waals surface area (Å²) in [5, 5.41) is 6.76. The van der Waals surface area contributed by atoms with E-state index in [1.165, 1.54) is 20.2 Å². The summed E-state index contributed by atoms with van der Waals surface area (Å²) in [6.45, 7) is 0. The van der Waals surface area contributed by atoms with Crippen molar-refractivity contribution in [2.24, 2.45) is 0 Å². The van der Waals surface area contributed by atoms with Gasteiger partial charge in [0, 0.05) is 64.0 Å². The van der Waals surface area contributed by atoms with Crippen LogP contribution in [0.4, 0.5) is 0 Å². The molecular formula is C51H29N3O2S. The number of thiophene rings is 1. The van der Waals surface area contributed by atoms with Gasteiger partial charge in [0.05, 0.1) is 0 Å². The fourth-order valence-corrected chi connectivity index (χ4v) is 9.46. The Labute approximate surface area is 330 Å². The number of benzene rings is 8. The zero-order chi connectivity index (χ0) is 37.5. The van der Waals surface area contributed by atoms with Crippen molar-refractivity contribution in [3.05, 3.63) is 176 Å². The van der Waals surface area contributed by atoms with E-state index in [1.54, 1.807) is 0 Å². The molecule has 57 heavy (non-hydrogen) atoms. The lowest BCUT2D eigenvalue weighted by Gasteiger charge is -2.11. The van der Waals surface area contributed by atoms with Crippen molar-refractivity contribution in [3.63, 3.8) is 0 Å². The Balaban J connectivity index is 1.07. The predicted octanol–water partition coefficient (Wildman–Crippen LogP) is 14.4. The SMILES string of the molecule is c1ccc(-c2nc(-c3ccccc3)nc(-c3ccc4c(c3)oc3cccc(-c5cc(-c6cccc7sc8ccccc8c67)c6oc7ccccc7c6c5)c34)n2)cc1. The topological polar surface area (TPSA) is 65.0 Å². The van der Waals surface area contributed by atoms with Crippen molar-refractivity contribution < 1.29 is 8.83 Å². The summed E-state index contributed by atoms with van der Waals surface area (Å²) in [6.07, 6.45) is 0. The molecule has 0 unspecified atom stereocenters. The van der Waals surface area contributed by atoms with E-state index in [9.17, 15) is 0 Å². The van der Waals surface area contributed by atoms with Crippen LogP contribution in [0.1, 0.15) is 0 Å². The fourth-order valence-electron chi connectivity index (χ4n) is 8.32. The number of fused-ring (bicyclic) bond motifs is 9. The lowest BCUT2D eigenvalue weighted by Crippen LogP contribution is -2.00. The first-order valence-electron chi connectivity index (χ1n) is 18.9. The van der Waals surface area contributed by atoms with E-state index in [4.69, 9.17) is 23.8 Å². The van der Waals surface area contributed by atoms with E-state index in [-0.39, 0.29) is 0 Å². The second kappa shape index (κ2) is 12.6. The average molecular weight is 748 g/mol. The molecule has 8 aromatic carbocycles. The van der Waals surface area contributed by atoms with Crippen molar-refractivity contribution in [2.75, 3.05) is 0 Å². The lowest BCUT2D eigenvalue weighted by molar-refractivity contribution is 0.669. The molecule has 0 spiro atoms. The van der Waals surface area contributed by atoms with Crippen LogP contribution in [0, 0.1) is 0 Å². The maximum atomic E-state index is 6.71. The molecule has 12 aromatic rings. The van der Waals surface area contributed by atoms with Gasteiger partial charge in [0.1, 0.15) is 22.3 Å². The second-order valence-electron chi connectivity index (χ2n) is 14.3. The average Bonchev–Trinajstić information content (AvgIpc) is 3.97. The Morgan fingerprint density at radius 2 is 0.965 bits per heavy atom. The van der Waals surface area contributed by atoms with E-state index in [2.05, 4.69) is 103 Å². The minimum Gasteiger partial charge on any atom is -0.456 e. The molecule has 0 saturated heterocycles. The van der Waals surface area contributed by atoms with Gasteiger partial charge < -0.3 is 8.83 Å². The van der Waals surface area contributed by atoms with Crippen LogP contribution in [0.5, 0.6) is 0 Å². The van der Waals surface area contributed by atoms with Gasteiger partial charge in [-0.3, -0.25) is 0 Å². The number of nitrogens with zero attached hydrogens (tertiary/aromatic N) is 3. The monoisotopic (exact) mass is 747 g/mol. The molecule has 4 aromatic heterocycles. The molecule has 12 rings (SSSR count). The molecule has 0 amide bonds.